The molecule has 6 heteroatoms. The Balaban J connectivity index is 0. The first-order valence-electron chi connectivity index (χ1n) is 2.58. The molecular weight excluding hydrogens is 168 g/mol. The predicted octanol–water partition coefficient (Wildman–Crippen LogP) is -0.972. The summed E-state index contributed by atoms with van der Waals surface area (Å²) in [5.41, 5.74) is 14.3. The maximum absolute atomic E-state index is 5.02. The van der Waals surface area contributed by atoms with Crippen molar-refractivity contribution in [1.29, 1.82) is 0 Å². The molecule has 0 aliphatic heterocycles. The van der Waals surface area contributed by atoms with E-state index in [9.17, 15) is 0 Å². The van der Waals surface area contributed by atoms with Crippen molar-refractivity contribution in [2.24, 2.45) is 17.2 Å². The highest BCUT2D eigenvalue weighted by molar-refractivity contribution is 7.80. The molecule has 0 unspecified atom stereocenters. The lowest BCUT2D eigenvalue weighted by atomic mass is 10.8. The lowest BCUT2D eigenvalue weighted by Crippen LogP contribution is -2.28. The van der Waals surface area contributed by atoms with Gasteiger partial charge < -0.3 is 22.5 Å². The van der Waals surface area contributed by atoms with Gasteiger partial charge in [-0.2, -0.15) is 0 Å². The van der Waals surface area contributed by atoms with Crippen molar-refractivity contribution in [3.05, 3.63) is 0 Å². The number of hydrogen-bond donors (Lipinski definition) is 4. The van der Waals surface area contributed by atoms with Crippen molar-refractivity contribution >= 4 is 34.7 Å². The van der Waals surface area contributed by atoms with E-state index in [2.05, 4.69) is 41.2 Å². The second-order valence-electron chi connectivity index (χ2n) is 1.30. The van der Waals surface area contributed by atoms with Crippen LogP contribution in [0.1, 0.15) is 6.92 Å². The average Bonchev–Trinajstić information content (AvgIpc) is 1.62. The maximum atomic E-state index is 5.02. The molecule has 0 aromatic carbocycles. The largest absolute Gasteiger partial charge is 0.377 e. The zero-order valence-corrected chi connectivity index (χ0v) is 7.39. The summed E-state index contributed by atoms with van der Waals surface area (Å²) >= 11 is 8.55. The van der Waals surface area contributed by atoms with Gasteiger partial charge in [-0.3, -0.25) is 0 Å². The number of nitrogens with one attached hydrogen (secondary N) is 1. The lowest BCUT2D eigenvalue weighted by Gasteiger charge is -1.92. The van der Waals surface area contributed by atoms with Crippen molar-refractivity contribution in [3.63, 3.8) is 0 Å². The van der Waals surface area contributed by atoms with Crippen LogP contribution in [0.15, 0.2) is 0 Å². The highest BCUT2D eigenvalue weighted by Gasteiger charge is 1.73. The summed E-state index contributed by atoms with van der Waals surface area (Å²) in [5.74, 6) is 0. The third-order valence-corrected chi connectivity index (χ3v) is 0.495. The van der Waals surface area contributed by atoms with Gasteiger partial charge >= 0.3 is 0 Å². The number of thiocarbonyl (C=S) groups is 2. The van der Waals surface area contributed by atoms with E-state index in [-0.39, 0.29) is 5.11 Å². The number of rotatable bonds is 1. The summed E-state index contributed by atoms with van der Waals surface area (Å²) in [6.07, 6.45) is 0. The van der Waals surface area contributed by atoms with Gasteiger partial charge in [-0.1, -0.05) is 0 Å². The van der Waals surface area contributed by atoms with E-state index in [1.165, 1.54) is 0 Å². The Labute approximate surface area is 71.1 Å². The Bertz CT molecular complexity index is 110. The van der Waals surface area contributed by atoms with Crippen LogP contribution in [-0.4, -0.2) is 16.8 Å². The zero-order valence-electron chi connectivity index (χ0n) is 5.76. The van der Waals surface area contributed by atoms with E-state index in [1.54, 1.807) is 0 Å². The van der Waals surface area contributed by atoms with Gasteiger partial charge in [0.2, 0.25) is 0 Å². The van der Waals surface area contributed by atoms with Crippen LogP contribution in [0.5, 0.6) is 0 Å². The Morgan fingerprint density at radius 1 is 1.30 bits per heavy atom. The Morgan fingerprint density at radius 3 is 1.60 bits per heavy atom. The minimum Gasteiger partial charge on any atom is -0.377 e. The topological polar surface area (TPSA) is 90.1 Å². The molecule has 0 radical (unpaired) electrons. The molecule has 0 saturated heterocycles. The van der Waals surface area contributed by atoms with Gasteiger partial charge in [0.25, 0.3) is 0 Å². The molecule has 0 spiro atoms. The highest BCUT2D eigenvalue weighted by Crippen LogP contribution is 1.52. The van der Waals surface area contributed by atoms with Gasteiger partial charge in [-0.15, -0.1) is 0 Å². The third kappa shape index (κ3) is 53.0. The Kier molecular flexibility index (Phi) is 10.1. The van der Waals surface area contributed by atoms with Crippen LogP contribution in [0.3, 0.4) is 0 Å². The highest BCUT2D eigenvalue weighted by atomic mass is 32.1. The summed E-state index contributed by atoms with van der Waals surface area (Å²) in [6.45, 7) is 2.76. The van der Waals surface area contributed by atoms with Crippen LogP contribution < -0.4 is 22.5 Å². The van der Waals surface area contributed by atoms with Gasteiger partial charge in [0, 0.05) is 6.54 Å². The van der Waals surface area contributed by atoms with Crippen molar-refractivity contribution < 1.29 is 0 Å². The molecule has 0 aliphatic carbocycles. The molecular formula is C4H12N4S2. The van der Waals surface area contributed by atoms with Crippen molar-refractivity contribution in [2.45, 2.75) is 6.92 Å². The van der Waals surface area contributed by atoms with Gasteiger partial charge in [0.1, 0.15) is 0 Å². The minimum atomic E-state index is 0.000000000000000222. The number of nitrogens with two attached hydrogens (primary N) is 3. The zero-order chi connectivity index (χ0) is 8.57. The number of hydrogen-bond acceptors (Lipinski definition) is 2. The molecule has 0 rings (SSSR count). The van der Waals surface area contributed by atoms with Crippen LogP contribution in [0.25, 0.3) is 0 Å². The fourth-order valence-corrected chi connectivity index (χ4v) is 0.319. The van der Waals surface area contributed by atoms with Gasteiger partial charge in [0.15, 0.2) is 10.2 Å². The summed E-state index contributed by atoms with van der Waals surface area (Å²) in [6, 6.07) is 0. The van der Waals surface area contributed by atoms with E-state index < -0.39 is 0 Å². The van der Waals surface area contributed by atoms with E-state index in [0.29, 0.717) is 5.11 Å². The fourth-order valence-electron chi connectivity index (χ4n) is 0.174. The smallest absolute Gasteiger partial charge is 0.163 e. The first-order chi connectivity index (χ1) is 4.50. The molecule has 0 fully saturated rings. The molecule has 7 N–H and O–H groups in total. The molecule has 0 aromatic rings. The monoisotopic (exact) mass is 180 g/mol. The fraction of sp³-hybridized carbons (Fsp3) is 0.500. The van der Waals surface area contributed by atoms with Crippen LogP contribution in [-0.2, 0) is 0 Å². The second-order valence-corrected chi connectivity index (χ2v) is 2.21. The second kappa shape index (κ2) is 8.38. The quantitative estimate of drug-likeness (QED) is 0.388. The van der Waals surface area contributed by atoms with Crippen LogP contribution >= 0.6 is 24.4 Å². The van der Waals surface area contributed by atoms with E-state index >= 15 is 0 Å². The molecule has 0 atom stereocenters. The van der Waals surface area contributed by atoms with Gasteiger partial charge in [-0.25, -0.2) is 0 Å². The normalized spacial score (nSPS) is 6.90. The van der Waals surface area contributed by atoms with E-state index in [4.69, 9.17) is 5.73 Å². The summed E-state index contributed by atoms with van der Waals surface area (Å²) in [5, 5.41) is 3.09. The Morgan fingerprint density at radius 2 is 1.60 bits per heavy atom. The molecule has 10 heavy (non-hydrogen) atoms. The molecule has 0 aliphatic rings. The first kappa shape index (κ1) is 12.1. The summed E-state index contributed by atoms with van der Waals surface area (Å²) in [7, 11) is 0. The third-order valence-electron chi connectivity index (χ3n) is 0.351. The van der Waals surface area contributed by atoms with E-state index in [1.807, 2.05) is 6.92 Å². The van der Waals surface area contributed by atoms with Crippen molar-refractivity contribution in [2.75, 3.05) is 6.54 Å². The minimum absolute atomic E-state index is 0.000000000000000222. The van der Waals surface area contributed by atoms with Crippen molar-refractivity contribution in [1.82, 2.24) is 5.32 Å². The maximum Gasteiger partial charge on any atom is 0.163 e. The van der Waals surface area contributed by atoms with Crippen molar-refractivity contribution in [3.8, 4) is 0 Å². The molecule has 0 amide bonds. The summed E-state index contributed by atoms with van der Waals surface area (Å²) in [4.78, 5) is 0. The lowest BCUT2D eigenvalue weighted by molar-refractivity contribution is 0.973. The van der Waals surface area contributed by atoms with Crippen LogP contribution in [0.2, 0.25) is 0 Å². The first-order valence-corrected chi connectivity index (χ1v) is 3.40. The SMILES string of the molecule is CCNC(N)=S.NC(N)=S. The predicted molar refractivity (Wildman–Crippen MR) is 51.4 cm³/mol. The summed E-state index contributed by atoms with van der Waals surface area (Å²) < 4.78 is 0. The molecule has 0 heterocycles. The van der Waals surface area contributed by atoms with Crippen LogP contribution in [0.4, 0.5) is 0 Å². The van der Waals surface area contributed by atoms with E-state index in [0.717, 1.165) is 6.54 Å². The molecule has 60 valence electrons. The molecule has 0 bridgehead atoms. The molecule has 0 saturated carbocycles. The van der Waals surface area contributed by atoms with Gasteiger partial charge in [0.05, 0.1) is 0 Å². The molecule has 4 nitrogen and oxygen atoms in total. The van der Waals surface area contributed by atoms with Crippen LogP contribution in [0, 0.1) is 0 Å². The Hall–Kier alpha value is -0.620. The average molecular weight is 180 g/mol. The standard InChI is InChI=1S/C3H8N2S.CH4N2S/c1-2-5-3(4)6;2-1(3)4/h2H2,1H3,(H3,4,5,6);(H4,2,3,4). The molecule has 0 aromatic heterocycles. The van der Waals surface area contributed by atoms with Gasteiger partial charge in [-0.05, 0) is 31.4 Å².